The van der Waals surface area contributed by atoms with Crippen LogP contribution in [0.5, 0.6) is 0 Å². The molecule has 0 N–H and O–H groups in total. The molecule has 1 aliphatic heterocycles. The molecule has 1 unspecified atom stereocenters. The number of hydrogen-bond acceptors (Lipinski definition) is 5. The molecule has 0 amide bonds. The van der Waals surface area contributed by atoms with E-state index >= 15 is 0 Å². The summed E-state index contributed by atoms with van der Waals surface area (Å²) in [6.45, 7) is 0. The Morgan fingerprint density at radius 2 is 2.32 bits per heavy atom. The Kier molecular flexibility index (Phi) is 2.78. The number of carbonyl (C=O) groups excluding carboxylic acids is 1. The predicted octanol–water partition coefficient (Wildman–Crippen LogP) is 1.32. The van der Waals surface area contributed by atoms with Crippen molar-refractivity contribution < 1.29 is 17.6 Å². The van der Waals surface area contributed by atoms with Gasteiger partial charge in [-0.2, -0.15) is 5.10 Å². The van der Waals surface area contributed by atoms with Gasteiger partial charge in [0.05, 0.1) is 35.6 Å². The molecule has 0 saturated carbocycles. The fraction of sp³-hybridized carbons (Fsp3) is 0.333. The van der Waals surface area contributed by atoms with Crippen LogP contribution in [0.2, 0.25) is 0 Å². The number of sulfone groups is 1. The van der Waals surface area contributed by atoms with Crippen LogP contribution in [0.25, 0.3) is 11.3 Å². The molecule has 6 nitrogen and oxygen atoms in total. The van der Waals surface area contributed by atoms with Crippen molar-refractivity contribution in [3.05, 3.63) is 30.4 Å². The van der Waals surface area contributed by atoms with Crippen LogP contribution in [0.15, 0.2) is 29.2 Å². The van der Waals surface area contributed by atoms with Crippen LogP contribution in [0.3, 0.4) is 0 Å². The number of aldehydes is 1. The summed E-state index contributed by atoms with van der Waals surface area (Å²) in [5.74, 6) is 0.257. The van der Waals surface area contributed by atoms with Crippen molar-refractivity contribution >= 4 is 16.1 Å². The molecule has 7 heteroatoms. The molecule has 0 aromatic carbocycles. The van der Waals surface area contributed by atoms with Crippen molar-refractivity contribution in [2.45, 2.75) is 12.5 Å². The van der Waals surface area contributed by atoms with Crippen molar-refractivity contribution in [3.63, 3.8) is 0 Å². The zero-order valence-corrected chi connectivity index (χ0v) is 10.8. The Bertz CT molecular complexity index is 700. The van der Waals surface area contributed by atoms with Gasteiger partial charge in [0.2, 0.25) is 0 Å². The zero-order chi connectivity index (χ0) is 13.5. The minimum Gasteiger partial charge on any atom is -0.472 e. The lowest BCUT2D eigenvalue weighted by molar-refractivity contribution is 0.112. The molecule has 0 radical (unpaired) electrons. The van der Waals surface area contributed by atoms with E-state index in [1.165, 1.54) is 12.5 Å². The molecule has 3 heterocycles. The average Bonchev–Trinajstić information content (AvgIpc) is 3.05. The molecule has 1 aliphatic rings. The van der Waals surface area contributed by atoms with Crippen LogP contribution in [0.4, 0.5) is 0 Å². The molecule has 1 saturated heterocycles. The lowest BCUT2D eigenvalue weighted by Crippen LogP contribution is -2.11. The zero-order valence-electron chi connectivity index (χ0n) is 10.0. The molecular formula is C12H12N2O4S. The first-order valence-corrected chi connectivity index (χ1v) is 7.68. The number of furan rings is 1. The van der Waals surface area contributed by atoms with Gasteiger partial charge in [0.15, 0.2) is 16.1 Å². The van der Waals surface area contributed by atoms with Crippen molar-refractivity contribution in [1.82, 2.24) is 9.78 Å². The van der Waals surface area contributed by atoms with E-state index in [0.717, 1.165) is 6.29 Å². The van der Waals surface area contributed by atoms with E-state index in [0.29, 0.717) is 23.2 Å². The number of hydrogen-bond donors (Lipinski definition) is 0. The first kappa shape index (κ1) is 12.2. The molecule has 1 fully saturated rings. The molecule has 0 aliphatic carbocycles. The van der Waals surface area contributed by atoms with Crippen LogP contribution in [0, 0.1) is 0 Å². The quantitative estimate of drug-likeness (QED) is 0.792. The first-order valence-electron chi connectivity index (χ1n) is 5.86. The Balaban J connectivity index is 1.99. The molecule has 2 aromatic rings. The van der Waals surface area contributed by atoms with E-state index in [2.05, 4.69) is 5.10 Å². The summed E-state index contributed by atoms with van der Waals surface area (Å²) >= 11 is 0. The van der Waals surface area contributed by atoms with E-state index in [1.807, 2.05) is 0 Å². The second-order valence-corrected chi connectivity index (χ2v) is 6.83. The third kappa shape index (κ3) is 2.21. The van der Waals surface area contributed by atoms with E-state index < -0.39 is 9.84 Å². The minimum atomic E-state index is -2.98. The SMILES string of the molecule is O=Cc1cn(C2CCS(=O)(=O)C2)nc1-c1ccoc1. The number of aromatic nitrogens is 2. The number of nitrogens with zero attached hydrogens (tertiary/aromatic N) is 2. The highest BCUT2D eigenvalue weighted by Crippen LogP contribution is 2.27. The van der Waals surface area contributed by atoms with Gasteiger partial charge >= 0.3 is 0 Å². The summed E-state index contributed by atoms with van der Waals surface area (Å²) in [7, 11) is -2.98. The van der Waals surface area contributed by atoms with Gasteiger partial charge in [0, 0.05) is 11.8 Å². The number of rotatable bonds is 3. The molecule has 0 spiro atoms. The van der Waals surface area contributed by atoms with E-state index in [4.69, 9.17) is 4.42 Å². The molecule has 1 atom stereocenters. The lowest BCUT2D eigenvalue weighted by Gasteiger charge is -2.07. The van der Waals surface area contributed by atoms with Gasteiger partial charge in [-0.05, 0) is 12.5 Å². The summed E-state index contributed by atoms with van der Waals surface area (Å²) in [6, 6.07) is 1.52. The standard InChI is InChI=1S/C12H12N2O4S/c15-6-10-5-14(11-2-4-19(16,17)8-11)13-12(10)9-1-3-18-7-9/h1,3,5-7,11H,2,4,8H2. The maximum atomic E-state index is 11.5. The van der Waals surface area contributed by atoms with Crippen molar-refractivity contribution in [1.29, 1.82) is 0 Å². The normalized spacial score (nSPS) is 21.6. The summed E-state index contributed by atoms with van der Waals surface area (Å²) < 4.78 is 29.5. The Hall–Kier alpha value is -1.89. The summed E-state index contributed by atoms with van der Waals surface area (Å²) in [5.41, 5.74) is 1.67. The van der Waals surface area contributed by atoms with Crippen molar-refractivity contribution in [2.24, 2.45) is 0 Å². The smallest absolute Gasteiger partial charge is 0.153 e. The molecule has 0 bridgehead atoms. The van der Waals surface area contributed by atoms with E-state index in [9.17, 15) is 13.2 Å². The predicted molar refractivity (Wildman–Crippen MR) is 67.6 cm³/mol. The minimum absolute atomic E-state index is 0.0812. The average molecular weight is 280 g/mol. The van der Waals surface area contributed by atoms with Crippen LogP contribution < -0.4 is 0 Å². The van der Waals surface area contributed by atoms with Gasteiger partial charge in [0.1, 0.15) is 5.69 Å². The summed E-state index contributed by atoms with van der Waals surface area (Å²) in [6.07, 6.45) is 5.86. The van der Waals surface area contributed by atoms with Crippen LogP contribution >= 0.6 is 0 Å². The van der Waals surface area contributed by atoms with Crippen molar-refractivity contribution in [3.8, 4) is 11.3 Å². The van der Waals surface area contributed by atoms with E-state index in [-0.39, 0.29) is 17.5 Å². The highest BCUT2D eigenvalue weighted by Gasteiger charge is 2.30. The van der Waals surface area contributed by atoms with Gasteiger partial charge in [-0.25, -0.2) is 8.42 Å². The van der Waals surface area contributed by atoms with Gasteiger partial charge in [-0.1, -0.05) is 0 Å². The second-order valence-electron chi connectivity index (χ2n) is 4.60. The van der Waals surface area contributed by atoms with Crippen LogP contribution in [0.1, 0.15) is 22.8 Å². The maximum Gasteiger partial charge on any atom is 0.153 e. The summed E-state index contributed by atoms with van der Waals surface area (Å²) in [4.78, 5) is 11.1. The van der Waals surface area contributed by atoms with Gasteiger partial charge in [-0.15, -0.1) is 0 Å². The fourth-order valence-corrected chi connectivity index (χ4v) is 3.99. The molecule has 3 rings (SSSR count). The Morgan fingerprint density at radius 1 is 1.47 bits per heavy atom. The van der Waals surface area contributed by atoms with Crippen molar-refractivity contribution in [2.75, 3.05) is 11.5 Å². The third-order valence-electron chi connectivity index (χ3n) is 3.26. The highest BCUT2D eigenvalue weighted by atomic mass is 32.2. The second kappa shape index (κ2) is 4.34. The monoisotopic (exact) mass is 280 g/mol. The maximum absolute atomic E-state index is 11.5. The third-order valence-corrected chi connectivity index (χ3v) is 5.01. The Labute approximate surface area is 109 Å². The first-order chi connectivity index (χ1) is 9.09. The molecule has 19 heavy (non-hydrogen) atoms. The fourth-order valence-electron chi connectivity index (χ4n) is 2.29. The van der Waals surface area contributed by atoms with Gasteiger partial charge in [0.25, 0.3) is 0 Å². The molecule has 2 aromatic heterocycles. The highest BCUT2D eigenvalue weighted by molar-refractivity contribution is 7.91. The number of carbonyl (C=O) groups is 1. The largest absolute Gasteiger partial charge is 0.472 e. The van der Waals surface area contributed by atoms with Crippen LogP contribution in [-0.2, 0) is 9.84 Å². The molecule has 100 valence electrons. The topological polar surface area (TPSA) is 82.2 Å². The van der Waals surface area contributed by atoms with Gasteiger partial charge in [-0.3, -0.25) is 9.48 Å². The van der Waals surface area contributed by atoms with Crippen LogP contribution in [-0.4, -0.2) is 36.0 Å². The van der Waals surface area contributed by atoms with Gasteiger partial charge < -0.3 is 4.42 Å². The van der Waals surface area contributed by atoms with E-state index in [1.54, 1.807) is 16.9 Å². The summed E-state index contributed by atoms with van der Waals surface area (Å²) in [5, 5.41) is 4.33. The lowest BCUT2D eigenvalue weighted by atomic mass is 10.2. The Morgan fingerprint density at radius 3 is 2.89 bits per heavy atom. The molecular weight excluding hydrogens is 268 g/mol.